The Balaban J connectivity index is 2.44. The Morgan fingerprint density at radius 2 is 2.44 bits per heavy atom. The van der Waals surface area contributed by atoms with Crippen LogP contribution in [0.5, 0.6) is 0 Å². The summed E-state index contributed by atoms with van der Waals surface area (Å²) in [6.45, 7) is 2.02. The highest BCUT2D eigenvalue weighted by atomic mass is 16.5. The van der Waals surface area contributed by atoms with E-state index < -0.39 is 5.97 Å². The molecule has 0 aliphatic carbocycles. The van der Waals surface area contributed by atoms with Crippen molar-refractivity contribution in [1.29, 1.82) is 5.26 Å². The van der Waals surface area contributed by atoms with Crippen molar-refractivity contribution in [3.8, 4) is 6.07 Å². The predicted octanol–water partition coefficient (Wildman–Crippen LogP) is 0.778. The molecule has 6 nitrogen and oxygen atoms in total. The van der Waals surface area contributed by atoms with E-state index in [1.54, 1.807) is 13.1 Å². The van der Waals surface area contributed by atoms with Gasteiger partial charge in [-0.15, -0.1) is 0 Å². The van der Waals surface area contributed by atoms with Crippen molar-refractivity contribution in [1.82, 2.24) is 14.4 Å². The molecule has 0 fully saturated rings. The van der Waals surface area contributed by atoms with Gasteiger partial charge in [0.05, 0.1) is 18.4 Å². The Hall–Kier alpha value is -2.42. The van der Waals surface area contributed by atoms with Crippen molar-refractivity contribution in [2.45, 2.75) is 6.92 Å². The number of rotatable bonds is 2. The van der Waals surface area contributed by atoms with Gasteiger partial charge in [0, 0.05) is 12.4 Å². The fourth-order valence-corrected chi connectivity index (χ4v) is 1.25. The third-order valence-corrected chi connectivity index (χ3v) is 1.92. The Kier molecular flexibility index (Phi) is 2.52. The van der Waals surface area contributed by atoms with Gasteiger partial charge in [-0.05, 0) is 6.92 Å². The molecule has 0 atom stereocenters. The summed E-state index contributed by atoms with van der Waals surface area (Å²) in [5.41, 5.74) is 0.588. The van der Waals surface area contributed by atoms with Crippen LogP contribution < -0.4 is 0 Å². The van der Waals surface area contributed by atoms with Crippen LogP contribution in [0.3, 0.4) is 0 Å². The van der Waals surface area contributed by atoms with E-state index in [-0.39, 0.29) is 5.69 Å². The topological polar surface area (TPSA) is 80.3 Å². The van der Waals surface area contributed by atoms with Gasteiger partial charge >= 0.3 is 5.97 Å². The van der Waals surface area contributed by atoms with E-state index in [1.807, 2.05) is 6.07 Å². The van der Waals surface area contributed by atoms with Crippen LogP contribution in [0.15, 0.2) is 18.6 Å². The van der Waals surface area contributed by atoms with Gasteiger partial charge in [-0.3, -0.25) is 4.40 Å². The van der Waals surface area contributed by atoms with Crippen molar-refractivity contribution < 1.29 is 9.53 Å². The average Bonchev–Trinajstić information content (AvgIpc) is 2.71. The quantitative estimate of drug-likeness (QED) is 0.693. The van der Waals surface area contributed by atoms with Crippen molar-refractivity contribution in [2.24, 2.45) is 0 Å². The van der Waals surface area contributed by atoms with Gasteiger partial charge < -0.3 is 4.74 Å². The molecule has 0 radical (unpaired) electrons. The number of aromatic nitrogens is 3. The van der Waals surface area contributed by atoms with Gasteiger partial charge in [0.15, 0.2) is 5.69 Å². The molecule has 0 spiro atoms. The molecule has 2 aromatic rings. The van der Waals surface area contributed by atoms with Crippen LogP contribution in [0.1, 0.15) is 23.0 Å². The third kappa shape index (κ3) is 1.70. The lowest BCUT2D eigenvalue weighted by Crippen LogP contribution is -2.04. The monoisotopic (exact) mass is 216 g/mol. The molecule has 0 unspecified atom stereocenters. The van der Waals surface area contributed by atoms with Crippen LogP contribution in [0.2, 0.25) is 0 Å². The summed E-state index contributed by atoms with van der Waals surface area (Å²) >= 11 is 0. The van der Waals surface area contributed by atoms with Gasteiger partial charge in [-0.1, -0.05) is 0 Å². The number of imidazole rings is 1. The summed E-state index contributed by atoms with van der Waals surface area (Å²) in [4.78, 5) is 19.3. The molecule has 0 saturated carbocycles. The highest BCUT2D eigenvalue weighted by molar-refractivity contribution is 5.87. The van der Waals surface area contributed by atoms with E-state index in [4.69, 9.17) is 10.00 Å². The third-order valence-electron chi connectivity index (χ3n) is 1.92. The summed E-state index contributed by atoms with van der Waals surface area (Å²) in [6, 6.07) is 1.96. The zero-order valence-corrected chi connectivity index (χ0v) is 8.54. The lowest BCUT2D eigenvalue weighted by molar-refractivity contribution is 0.0520. The number of nitriles is 1. The average molecular weight is 216 g/mol. The molecule has 0 aliphatic rings. The Morgan fingerprint density at radius 3 is 3.12 bits per heavy atom. The SMILES string of the molecule is CCOC(=O)c1cn2cc(C#N)cnc2n1. The van der Waals surface area contributed by atoms with Crippen LogP contribution in [0, 0.1) is 11.3 Å². The molecule has 0 aromatic carbocycles. The lowest BCUT2D eigenvalue weighted by Gasteiger charge is -1.94. The first-order valence-electron chi connectivity index (χ1n) is 4.66. The highest BCUT2D eigenvalue weighted by Gasteiger charge is 2.12. The van der Waals surface area contributed by atoms with Gasteiger partial charge in [0.1, 0.15) is 6.07 Å². The maximum absolute atomic E-state index is 11.4. The minimum absolute atomic E-state index is 0.185. The standard InChI is InChI=1S/C10H8N4O2/c1-2-16-9(15)8-6-14-5-7(3-11)4-12-10(14)13-8/h4-6H,2H2,1H3. The largest absolute Gasteiger partial charge is 0.461 e. The number of ether oxygens (including phenoxy) is 1. The fourth-order valence-electron chi connectivity index (χ4n) is 1.25. The van der Waals surface area contributed by atoms with Gasteiger partial charge in [-0.25, -0.2) is 14.8 Å². The van der Waals surface area contributed by atoms with Crippen LogP contribution in [-0.4, -0.2) is 26.9 Å². The van der Waals surface area contributed by atoms with Crippen molar-refractivity contribution >= 4 is 11.7 Å². The summed E-state index contributed by atoms with van der Waals surface area (Å²) in [5, 5.41) is 8.68. The summed E-state index contributed by atoms with van der Waals surface area (Å²) in [5.74, 6) is -0.131. The molecule has 0 aliphatic heterocycles. The zero-order chi connectivity index (χ0) is 11.5. The maximum atomic E-state index is 11.4. The second-order valence-electron chi connectivity index (χ2n) is 3.01. The lowest BCUT2D eigenvalue weighted by atomic mass is 10.4. The van der Waals surface area contributed by atoms with Crippen LogP contribution in [-0.2, 0) is 4.74 Å². The summed E-state index contributed by atoms with van der Waals surface area (Å²) < 4.78 is 6.33. The summed E-state index contributed by atoms with van der Waals surface area (Å²) in [7, 11) is 0. The molecule has 0 bridgehead atoms. The normalized spacial score (nSPS) is 10.0. The fraction of sp³-hybridized carbons (Fsp3) is 0.200. The maximum Gasteiger partial charge on any atom is 0.358 e. The smallest absolute Gasteiger partial charge is 0.358 e. The van der Waals surface area contributed by atoms with Gasteiger partial charge in [-0.2, -0.15) is 5.26 Å². The second kappa shape index (κ2) is 3.98. The molecule has 80 valence electrons. The zero-order valence-electron chi connectivity index (χ0n) is 8.54. The van der Waals surface area contributed by atoms with E-state index in [9.17, 15) is 4.79 Å². The highest BCUT2D eigenvalue weighted by Crippen LogP contribution is 2.05. The first-order chi connectivity index (χ1) is 7.74. The van der Waals surface area contributed by atoms with E-state index in [0.29, 0.717) is 17.9 Å². The Labute approximate surface area is 91.1 Å². The molecule has 2 heterocycles. The molecule has 6 heteroatoms. The molecule has 0 saturated heterocycles. The predicted molar refractivity (Wildman–Crippen MR) is 53.7 cm³/mol. The summed E-state index contributed by atoms with van der Waals surface area (Å²) in [6.07, 6.45) is 4.44. The number of esters is 1. The van der Waals surface area contributed by atoms with Gasteiger partial charge in [0.2, 0.25) is 5.78 Å². The van der Waals surface area contributed by atoms with E-state index in [0.717, 1.165) is 0 Å². The molecular weight excluding hydrogens is 208 g/mol. The first-order valence-corrected chi connectivity index (χ1v) is 4.66. The first kappa shape index (κ1) is 10.1. The van der Waals surface area contributed by atoms with Crippen molar-refractivity contribution in [3.63, 3.8) is 0 Å². The number of hydrogen-bond donors (Lipinski definition) is 0. The number of carbonyl (C=O) groups is 1. The van der Waals surface area contributed by atoms with Gasteiger partial charge in [0.25, 0.3) is 0 Å². The Bertz CT molecular complexity index is 582. The minimum Gasteiger partial charge on any atom is -0.461 e. The van der Waals surface area contributed by atoms with E-state index in [1.165, 1.54) is 16.8 Å². The molecular formula is C10H8N4O2. The van der Waals surface area contributed by atoms with Crippen molar-refractivity contribution in [3.05, 3.63) is 29.8 Å². The van der Waals surface area contributed by atoms with Crippen LogP contribution in [0.25, 0.3) is 5.78 Å². The van der Waals surface area contributed by atoms with Crippen LogP contribution in [0.4, 0.5) is 0 Å². The van der Waals surface area contributed by atoms with Crippen molar-refractivity contribution in [2.75, 3.05) is 6.61 Å². The number of carbonyl (C=O) groups excluding carboxylic acids is 1. The molecule has 2 aromatic heterocycles. The number of fused-ring (bicyclic) bond motifs is 1. The minimum atomic E-state index is -0.494. The molecule has 2 rings (SSSR count). The second-order valence-corrected chi connectivity index (χ2v) is 3.01. The number of hydrogen-bond acceptors (Lipinski definition) is 5. The van der Waals surface area contributed by atoms with E-state index >= 15 is 0 Å². The van der Waals surface area contributed by atoms with E-state index in [2.05, 4.69) is 9.97 Å². The number of nitrogens with zero attached hydrogens (tertiary/aromatic N) is 4. The molecule has 16 heavy (non-hydrogen) atoms. The Morgan fingerprint density at radius 1 is 1.62 bits per heavy atom. The molecule has 0 amide bonds. The molecule has 0 N–H and O–H groups in total. The van der Waals surface area contributed by atoms with Crippen LogP contribution >= 0.6 is 0 Å².